The van der Waals surface area contributed by atoms with Gasteiger partial charge in [-0.15, -0.1) is 11.3 Å². The number of nitrogens with zero attached hydrogens (tertiary/aromatic N) is 1. The van der Waals surface area contributed by atoms with Gasteiger partial charge in [-0.3, -0.25) is 0 Å². The number of aryl methyl sites for hydroxylation is 1. The first-order valence-corrected chi connectivity index (χ1v) is 6.98. The zero-order valence-electron chi connectivity index (χ0n) is 11.1. The van der Waals surface area contributed by atoms with Crippen molar-refractivity contribution in [2.75, 3.05) is 0 Å². The molecule has 19 heavy (non-hydrogen) atoms. The molecule has 0 saturated heterocycles. The SMILES string of the molecule is Cc1csc(C(C)NC(C)c2ccc(F)c(F)c2)n1. The van der Waals surface area contributed by atoms with Gasteiger partial charge in [0.05, 0.1) is 6.04 Å². The van der Waals surface area contributed by atoms with Gasteiger partial charge in [-0.05, 0) is 38.5 Å². The van der Waals surface area contributed by atoms with E-state index in [0.29, 0.717) is 0 Å². The van der Waals surface area contributed by atoms with Crippen LogP contribution in [0.4, 0.5) is 8.78 Å². The summed E-state index contributed by atoms with van der Waals surface area (Å²) in [6, 6.07) is 3.97. The van der Waals surface area contributed by atoms with E-state index in [9.17, 15) is 8.78 Å². The Hall–Kier alpha value is -1.33. The molecule has 0 bridgehead atoms. The van der Waals surface area contributed by atoms with Gasteiger partial charge in [0.15, 0.2) is 11.6 Å². The Kier molecular flexibility index (Phi) is 4.27. The fraction of sp³-hybridized carbons (Fsp3) is 0.357. The maximum absolute atomic E-state index is 13.2. The largest absolute Gasteiger partial charge is 0.302 e. The van der Waals surface area contributed by atoms with E-state index < -0.39 is 11.6 Å². The predicted molar refractivity (Wildman–Crippen MR) is 73.2 cm³/mol. The van der Waals surface area contributed by atoms with Crippen LogP contribution in [0.2, 0.25) is 0 Å². The molecule has 2 aromatic rings. The van der Waals surface area contributed by atoms with Gasteiger partial charge in [0, 0.05) is 17.1 Å². The van der Waals surface area contributed by atoms with Gasteiger partial charge in [-0.25, -0.2) is 13.8 Å². The van der Waals surface area contributed by atoms with Crippen molar-refractivity contribution in [3.63, 3.8) is 0 Å². The summed E-state index contributed by atoms with van der Waals surface area (Å²) in [5.74, 6) is -1.64. The van der Waals surface area contributed by atoms with Gasteiger partial charge < -0.3 is 5.32 Å². The third-order valence-corrected chi connectivity index (χ3v) is 4.10. The molecule has 0 spiro atoms. The van der Waals surface area contributed by atoms with Crippen LogP contribution in [-0.2, 0) is 0 Å². The van der Waals surface area contributed by atoms with Crippen LogP contribution in [-0.4, -0.2) is 4.98 Å². The number of hydrogen-bond acceptors (Lipinski definition) is 3. The van der Waals surface area contributed by atoms with Crippen molar-refractivity contribution in [2.45, 2.75) is 32.9 Å². The maximum Gasteiger partial charge on any atom is 0.159 e. The van der Waals surface area contributed by atoms with Crippen LogP contribution >= 0.6 is 11.3 Å². The highest BCUT2D eigenvalue weighted by atomic mass is 32.1. The van der Waals surface area contributed by atoms with Crippen LogP contribution < -0.4 is 5.32 Å². The second-order valence-corrected chi connectivity index (χ2v) is 5.50. The van der Waals surface area contributed by atoms with Gasteiger partial charge in [0.2, 0.25) is 0 Å². The average molecular weight is 282 g/mol. The minimum atomic E-state index is -0.820. The van der Waals surface area contributed by atoms with E-state index in [0.717, 1.165) is 22.3 Å². The second kappa shape index (κ2) is 5.75. The molecule has 0 aliphatic carbocycles. The van der Waals surface area contributed by atoms with E-state index in [1.54, 1.807) is 17.4 Å². The van der Waals surface area contributed by atoms with E-state index in [4.69, 9.17) is 0 Å². The number of halogens is 2. The minimum absolute atomic E-state index is 0.0711. The van der Waals surface area contributed by atoms with Crippen LogP contribution in [0.1, 0.15) is 42.2 Å². The summed E-state index contributed by atoms with van der Waals surface area (Å²) in [6.07, 6.45) is 0. The smallest absolute Gasteiger partial charge is 0.159 e. The van der Waals surface area contributed by atoms with Crippen molar-refractivity contribution < 1.29 is 8.78 Å². The lowest BCUT2D eigenvalue weighted by Gasteiger charge is -2.19. The summed E-state index contributed by atoms with van der Waals surface area (Å²) in [7, 11) is 0. The van der Waals surface area contributed by atoms with Crippen molar-refractivity contribution in [1.29, 1.82) is 0 Å². The van der Waals surface area contributed by atoms with E-state index >= 15 is 0 Å². The predicted octanol–water partition coefficient (Wildman–Crippen LogP) is 4.14. The molecule has 0 aliphatic heterocycles. The lowest BCUT2D eigenvalue weighted by atomic mass is 10.1. The van der Waals surface area contributed by atoms with E-state index in [2.05, 4.69) is 10.3 Å². The van der Waals surface area contributed by atoms with Crippen LogP contribution in [0.25, 0.3) is 0 Å². The highest BCUT2D eigenvalue weighted by molar-refractivity contribution is 7.09. The molecule has 0 amide bonds. The standard InChI is InChI=1S/C14H16F2N2S/c1-8-7-19-14(17-8)10(3)18-9(2)11-4-5-12(15)13(16)6-11/h4-7,9-10,18H,1-3H3. The number of aromatic nitrogens is 1. The number of nitrogens with one attached hydrogen (secondary N) is 1. The minimum Gasteiger partial charge on any atom is -0.302 e. The molecule has 102 valence electrons. The monoisotopic (exact) mass is 282 g/mol. The molecule has 2 nitrogen and oxygen atoms in total. The van der Waals surface area contributed by atoms with Crippen molar-refractivity contribution in [2.24, 2.45) is 0 Å². The topological polar surface area (TPSA) is 24.9 Å². The van der Waals surface area contributed by atoms with Crippen molar-refractivity contribution >= 4 is 11.3 Å². The summed E-state index contributed by atoms with van der Waals surface area (Å²) in [4.78, 5) is 4.41. The summed E-state index contributed by atoms with van der Waals surface area (Å²) >= 11 is 1.59. The molecule has 1 heterocycles. The maximum atomic E-state index is 13.2. The summed E-state index contributed by atoms with van der Waals surface area (Å²) in [5.41, 5.74) is 1.72. The van der Waals surface area contributed by atoms with E-state index in [-0.39, 0.29) is 12.1 Å². The molecule has 0 radical (unpaired) electrons. The van der Waals surface area contributed by atoms with Crippen LogP contribution in [0, 0.1) is 18.6 Å². The lowest BCUT2D eigenvalue weighted by molar-refractivity contribution is 0.479. The van der Waals surface area contributed by atoms with E-state index in [1.165, 1.54) is 6.07 Å². The molecule has 1 N–H and O–H groups in total. The first-order valence-electron chi connectivity index (χ1n) is 6.10. The molecule has 1 aromatic carbocycles. The zero-order chi connectivity index (χ0) is 14.0. The highest BCUT2D eigenvalue weighted by Crippen LogP contribution is 2.22. The third-order valence-electron chi connectivity index (χ3n) is 2.95. The Labute approximate surface area is 115 Å². The number of hydrogen-bond donors (Lipinski definition) is 1. The normalized spacial score (nSPS) is 14.4. The zero-order valence-corrected chi connectivity index (χ0v) is 11.9. The summed E-state index contributed by atoms with van der Waals surface area (Å²) in [6.45, 7) is 5.88. The molecule has 0 saturated carbocycles. The molecular formula is C14H16F2N2S. The quantitative estimate of drug-likeness (QED) is 0.911. The van der Waals surface area contributed by atoms with Gasteiger partial charge >= 0.3 is 0 Å². The molecule has 0 aliphatic rings. The third kappa shape index (κ3) is 3.36. The highest BCUT2D eigenvalue weighted by Gasteiger charge is 2.15. The van der Waals surface area contributed by atoms with Gasteiger partial charge in [-0.1, -0.05) is 6.07 Å². The Balaban J connectivity index is 2.07. The molecule has 0 fully saturated rings. The molecular weight excluding hydrogens is 266 g/mol. The van der Waals surface area contributed by atoms with Gasteiger partial charge in [0.1, 0.15) is 5.01 Å². The summed E-state index contributed by atoms with van der Waals surface area (Å²) in [5, 5.41) is 6.32. The Morgan fingerprint density at radius 2 is 1.89 bits per heavy atom. The van der Waals surface area contributed by atoms with Crippen LogP contribution in [0.5, 0.6) is 0 Å². The molecule has 1 aromatic heterocycles. The molecule has 2 atom stereocenters. The first kappa shape index (κ1) is 14.1. The molecule has 2 rings (SSSR count). The second-order valence-electron chi connectivity index (χ2n) is 4.61. The lowest BCUT2D eigenvalue weighted by Crippen LogP contribution is -2.22. The number of rotatable bonds is 4. The average Bonchev–Trinajstić information content (AvgIpc) is 2.79. The van der Waals surface area contributed by atoms with Gasteiger partial charge in [0.25, 0.3) is 0 Å². The number of thiazole rings is 1. The first-order chi connectivity index (χ1) is 8.97. The summed E-state index contributed by atoms with van der Waals surface area (Å²) < 4.78 is 26.1. The van der Waals surface area contributed by atoms with E-state index in [1.807, 2.05) is 26.2 Å². The fourth-order valence-electron chi connectivity index (χ4n) is 1.90. The molecule has 5 heteroatoms. The van der Waals surface area contributed by atoms with Crippen LogP contribution in [0.3, 0.4) is 0 Å². The van der Waals surface area contributed by atoms with Crippen LogP contribution in [0.15, 0.2) is 23.6 Å². The Morgan fingerprint density at radius 1 is 1.16 bits per heavy atom. The van der Waals surface area contributed by atoms with Crippen molar-refractivity contribution in [3.8, 4) is 0 Å². The Bertz CT molecular complexity index is 568. The fourth-order valence-corrected chi connectivity index (χ4v) is 2.71. The van der Waals surface area contributed by atoms with Crippen molar-refractivity contribution in [1.82, 2.24) is 10.3 Å². The van der Waals surface area contributed by atoms with Crippen molar-refractivity contribution in [3.05, 3.63) is 51.5 Å². The number of benzene rings is 1. The Morgan fingerprint density at radius 3 is 2.47 bits per heavy atom. The molecule has 2 unspecified atom stereocenters. The van der Waals surface area contributed by atoms with Gasteiger partial charge in [-0.2, -0.15) is 0 Å².